The van der Waals surface area contributed by atoms with Gasteiger partial charge in [-0.2, -0.15) is 4.98 Å². The summed E-state index contributed by atoms with van der Waals surface area (Å²) in [6, 6.07) is 7.17. The molecule has 0 aromatic carbocycles. The molecule has 0 aliphatic heterocycles. The predicted octanol–water partition coefficient (Wildman–Crippen LogP) is 4.18. The SMILES string of the molecule is CNc1ccc(-c2cn(SF)c3nc(Cl)ccc23)c(OC)n1. The van der Waals surface area contributed by atoms with Gasteiger partial charge >= 0.3 is 0 Å². The monoisotopic (exact) mass is 338 g/mol. The number of aromatic nitrogens is 3. The fourth-order valence-electron chi connectivity index (χ4n) is 2.26. The largest absolute Gasteiger partial charge is 0.480 e. The molecular weight excluding hydrogens is 327 g/mol. The van der Waals surface area contributed by atoms with Crippen molar-refractivity contribution >= 4 is 40.8 Å². The number of hydrogen-bond donors (Lipinski definition) is 1. The van der Waals surface area contributed by atoms with E-state index in [1.165, 1.54) is 3.97 Å². The van der Waals surface area contributed by atoms with Crippen molar-refractivity contribution in [2.75, 3.05) is 19.5 Å². The van der Waals surface area contributed by atoms with Crippen LogP contribution in [0.1, 0.15) is 0 Å². The van der Waals surface area contributed by atoms with Crippen molar-refractivity contribution in [3.05, 3.63) is 35.6 Å². The van der Waals surface area contributed by atoms with E-state index in [2.05, 4.69) is 15.3 Å². The average Bonchev–Trinajstić information content (AvgIpc) is 2.91. The van der Waals surface area contributed by atoms with E-state index in [0.29, 0.717) is 22.5 Å². The minimum atomic E-state index is 0.0656. The highest BCUT2D eigenvalue weighted by Crippen LogP contribution is 2.37. The second-order valence-corrected chi connectivity index (χ2v) is 5.36. The molecule has 0 saturated heterocycles. The van der Waals surface area contributed by atoms with E-state index in [1.807, 2.05) is 12.1 Å². The Bertz CT molecular complexity index is 839. The van der Waals surface area contributed by atoms with Crippen LogP contribution in [0.15, 0.2) is 30.5 Å². The molecule has 5 nitrogen and oxygen atoms in total. The topological polar surface area (TPSA) is 52.0 Å². The minimum Gasteiger partial charge on any atom is -0.480 e. The Balaban J connectivity index is 2.26. The van der Waals surface area contributed by atoms with Crippen molar-refractivity contribution in [2.45, 2.75) is 0 Å². The van der Waals surface area contributed by atoms with Crippen LogP contribution in [0, 0.1) is 0 Å². The standard InChI is InChI=1S/C14H12ClFN4OS/c1-17-12-6-4-9(14(19-12)21-2)10-7-20(22-16)13-8(10)3-5-11(15)18-13/h3-7H,1-2H3,(H,17,19). The number of ether oxygens (including phenoxy) is 1. The minimum absolute atomic E-state index is 0.0656. The van der Waals surface area contributed by atoms with Crippen LogP contribution in [-0.4, -0.2) is 28.1 Å². The van der Waals surface area contributed by atoms with Crippen LogP contribution in [0.5, 0.6) is 5.88 Å². The van der Waals surface area contributed by atoms with E-state index < -0.39 is 0 Å². The molecule has 3 aromatic rings. The molecule has 0 aliphatic rings. The molecule has 0 aliphatic carbocycles. The smallest absolute Gasteiger partial charge is 0.223 e. The van der Waals surface area contributed by atoms with Gasteiger partial charge in [-0.1, -0.05) is 11.6 Å². The summed E-state index contributed by atoms with van der Waals surface area (Å²) in [4.78, 5) is 8.53. The lowest BCUT2D eigenvalue weighted by atomic mass is 10.1. The van der Waals surface area contributed by atoms with Gasteiger partial charge in [0.05, 0.1) is 7.11 Å². The second-order valence-electron chi connectivity index (χ2n) is 4.45. The molecule has 0 amide bonds. The molecule has 3 aromatic heterocycles. The van der Waals surface area contributed by atoms with Gasteiger partial charge in [0.25, 0.3) is 0 Å². The highest BCUT2D eigenvalue weighted by atomic mass is 35.5. The summed E-state index contributed by atoms with van der Waals surface area (Å²) in [7, 11) is 3.32. The molecule has 22 heavy (non-hydrogen) atoms. The summed E-state index contributed by atoms with van der Waals surface area (Å²) in [6.07, 6.45) is 1.65. The van der Waals surface area contributed by atoms with E-state index in [9.17, 15) is 3.89 Å². The molecule has 0 atom stereocenters. The molecule has 0 radical (unpaired) electrons. The van der Waals surface area contributed by atoms with Gasteiger partial charge in [0.2, 0.25) is 5.88 Å². The van der Waals surface area contributed by atoms with Gasteiger partial charge in [0.1, 0.15) is 11.0 Å². The lowest BCUT2D eigenvalue weighted by Gasteiger charge is -2.08. The average molecular weight is 339 g/mol. The Morgan fingerprint density at radius 1 is 1.23 bits per heavy atom. The number of anilines is 1. The third-order valence-electron chi connectivity index (χ3n) is 3.26. The van der Waals surface area contributed by atoms with Crippen LogP contribution < -0.4 is 10.1 Å². The van der Waals surface area contributed by atoms with Crippen LogP contribution in [-0.2, 0) is 0 Å². The third kappa shape index (κ3) is 2.46. The maximum Gasteiger partial charge on any atom is 0.223 e. The van der Waals surface area contributed by atoms with Crippen molar-refractivity contribution in [1.82, 2.24) is 13.9 Å². The maximum atomic E-state index is 13.2. The van der Waals surface area contributed by atoms with Crippen LogP contribution in [0.3, 0.4) is 0 Å². The molecular formula is C14H12ClFN4OS. The zero-order chi connectivity index (χ0) is 15.7. The van der Waals surface area contributed by atoms with Gasteiger partial charge < -0.3 is 10.1 Å². The molecule has 3 heterocycles. The number of methoxy groups -OCH3 is 1. The molecule has 1 N–H and O–H groups in total. The summed E-state index contributed by atoms with van der Waals surface area (Å²) in [5.74, 6) is 1.13. The Kier molecular flexibility index (Phi) is 4.08. The summed E-state index contributed by atoms with van der Waals surface area (Å²) >= 11 is 5.97. The molecule has 114 valence electrons. The van der Waals surface area contributed by atoms with E-state index >= 15 is 0 Å². The fourth-order valence-corrected chi connectivity index (χ4v) is 2.75. The molecule has 3 rings (SSSR count). The quantitative estimate of drug-likeness (QED) is 0.723. The maximum absolute atomic E-state index is 13.2. The van der Waals surface area contributed by atoms with E-state index in [1.54, 1.807) is 32.5 Å². The highest BCUT2D eigenvalue weighted by Gasteiger charge is 2.17. The van der Waals surface area contributed by atoms with Crippen LogP contribution in [0.25, 0.3) is 22.2 Å². The Morgan fingerprint density at radius 3 is 2.73 bits per heavy atom. The molecule has 0 fully saturated rings. The lowest BCUT2D eigenvalue weighted by molar-refractivity contribution is 0.400. The van der Waals surface area contributed by atoms with E-state index in [-0.39, 0.29) is 12.3 Å². The Morgan fingerprint density at radius 2 is 2.05 bits per heavy atom. The number of rotatable bonds is 4. The molecule has 8 heteroatoms. The summed E-state index contributed by atoms with van der Waals surface area (Å²) in [5.41, 5.74) is 1.98. The molecule has 0 bridgehead atoms. The van der Waals surface area contributed by atoms with Crippen LogP contribution in [0.2, 0.25) is 5.15 Å². The van der Waals surface area contributed by atoms with Crippen LogP contribution in [0.4, 0.5) is 9.70 Å². The predicted molar refractivity (Wildman–Crippen MR) is 88.2 cm³/mol. The first-order valence-corrected chi connectivity index (χ1v) is 7.43. The number of halogens is 2. The zero-order valence-corrected chi connectivity index (χ0v) is 13.4. The van der Waals surface area contributed by atoms with Gasteiger partial charge in [-0.05, 0) is 24.3 Å². The summed E-state index contributed by atoms with van der Waals surface area (Å²) in [6.45, 7) is 0. The highest BCUT2D eigenvalue weighted by molar-refractivity contribution is 7.92. The number of nitrogens with one attached hydrogen (secondary N) is 1. The third-order valence-corrected chi connectivity index (χ3v) is 3.90. The van der Waals surface area contributed by atoms with Crippen molar-refractivity contribution in [3.8, 4) is 17.0 Å². The second kappa shape index (κ2) is 6.02. The van der Waals surface area contributed by atoms with Crippen LogP contribution >= 0.6 is 23.9 Å². The Hall–Kier alpha value is -1.99. The number of fused-ring (bicyclic) bond motifs is 1. The number of nitrogens with zero attached hydrogens (tertiary/aromatic N) is 3. The zero-order valence-electron chi connectivity index (χ0n) is 11.8. The fraction of sp³-hybridized carbons (Fsp3) is 0.143. The number of hydrogen-bond acceptors (Lipinski definition) is 5. The molecule has 0 unspecified atom stereocenters. The Labute approximate surface area is 135 Å². The van der Waals surface area contributed by atoms with Gasteiger partial charge in [-0.25, -0.2) is 8.96 Å². The van der Waals surface area contributed by atoms with Gasteiger partial charge in [-0.15, -0.1) is 3.89 Å². The lowest BCUT2D eigenvalue weighted by Crippen LogP contribution is -1.96. The van der Waals surface area contributed by atoms with Gasteiger partial charge in [0.15, 0.2) is 18.0 Å². The van der Waals surface area contributed by atoms with Gasteiger partial charge in [0, 0.05) is 29.8 Å². The number of pyridine rings is 2. The van der Waals surface area contributed by atoms with Crippen molar-refractivity contribution < 1.29 is 8.62 Å². The van der Waals surface area contributed by atoms with Gasteiger partial charge in [-0.3, -0.25) is 0 Å². The van der Waals surface area contributed by atoms with Crippen molar-refractivity contribution in [1.29, 1.82) is 0 Å². The van der Waals surface area contributed by atoms with Crippen molar-refractivity contribution in [2.24, 2.45) is 0 Å². The first-order valence-electron chi connectivity index (χ1n) is 6.37. The summed E-state index contributed by atoms with van der Waals surface area (Å²) in [5, 5.41) is 4.03. The summed E-state index contributed by atoms with van der Waals surface area (Å²) < 4.78 is 19.8. The first kappa shape index (κ1) is 14.9. The van der Waals surface area contributed by atoms with E-state index in [4.69, 9.17) is 16.3 Å². The molecule has 0 saturated carbocycles. The van der Waals surface area contributed by atoms with Crippen molar-refractivity contribution in [3.63, 3.8) is 0 Å². The molecule has 0 spiro atoms. The van der Waals surface area contributed by atoms with E-state index in [0.717, 1.165) is 16.5 Å². The first-order chi connectivity index (χ1) is 10.7. The normalized spacial score (nSPS) is 10.9.